The molecule has 9 heteroatoms. The third kappa shape index (κ3) is 2.41. The normalized spacial score (nSPS) is 41.5. The minimum absolute atomic E-state index is 1.19. The van der Waals surface area contributed by atoms with Crippen molar-refractivity contribution >= 4 is 5.97 Å². The predicted molar refractivity (Wildman–Crippen MR) is 40.3 cm³/mol. The van der Waals surface area contributed by atoms with E-state index in [1.807, 2.05) is 0 Å². The lowest BCUT2D eigenvalue weighted by Crippen LogP contribution is -2.60. The Hall–Kier alpha value is -0.810. The van der Waals surface area contributed by atoms with Crippen LogP contribution in [-0.2, 0) is 14.4 Å². The van der Waals surface area contributed by atoms with Crippen molar-refractivity contribution in [3.63, 3.8) is 0 Å². The standard InChI is InChI=1S/C6H11NO8/c8-1-2(9)4(5(11)12)14-6(3(1)10)15-7-13/h1-4,6-10,13H,(H,11,12)/t1-,2-,3+,4-,6?/m0/s1. The number of carboxylic acids is 1. The largest absolute Gasteiger partial charge is 0.479 e. The van der Waals surface area contributed by atoms with E-state index in [1.165, 1.54) is 5.64 Å². The monoisotopic (exact) mass is 225 g/mol. The van der Waals surface area contributed by atoms with Gasteiger partial charge >= 0.3 is 5.97 Å². The van der Waals surface area contributed by atoms with E-state index in [2.05, 4.69) is 9.57 Å². The molecule has 0 radical (unpaired) electrons. The molecule has 0 saturated carbocycles. The quantitative estimate of drug-likeness (QED) is 0.273. The Morgan fingerprint density at radius 3 is 2.27 bits per heavy atom. The highest BCUT2D eigenvalue weighted by Crippen LogP contribution is 2.21. The number of hydrogen-bond donors (Lipinski definition) is 6. The van der Waals surface area contributed by atoms with E-state index in [4.69, 9.17) is 10.3 Å². The molecule has 1 rings (SSSR count). The zero-order valence-electron chi connectivity index (χ0n) is 7.35. The summed E-state index contributed by atoms with van der Waals surface area (Å²) in [5.74, 6) is -1.53. The number of aliphatic hydroxyl groups excluding tert-OH is 3. The smallest absolute Gasteiger partial charge is 0.335 e. The summed E-state index contributed by atoms with van der Waals surface area (Å²) in [5, 5.41) is 44.4. The number of rotatable bonds is 3. The molecule has 0 aliphatic carbocycles. The third-order valence-corrected chi connectivity index (χ3v) is 1.98. The lowest BCUT2D eigenvalue weighted by Gasteiger charge is -2.37. The van der Waals surface area contributed by atoms with E-state index in [0.29, 0.717) is 0 Å². The number of nitrogens with one attached hydrogen (secondary N) is 1. The predicted octanol–water partition coefficient (Wildman–Crippen LogP) is -3.21. The number of ether oxygens (including phenoxy) is 1. The van der Waals surface area contributed by atoms with Gasteiger partial charge < -0.3 is 25.2 Å². The molecule has 0 aromatic heterocycles. The van der Waals surface area contributed by atoms with Gasteiger partial charge in [-0.25, -0.2) is 9.63 Å². The van der Waals surface area contributed by atoms with Gasteiger partial charge in [0.2, 0.25) is 6.29 Å². The van der Waals surface area contributed by atoms with Gasteiger partial charge in [0.05, 0.1) is 0 Å². The van der Waals surface area contributed by atoms with Crippen LogP contribution >= 0.6 is 0 Å². The molecule has 6 N–H and O–H groups in total. The highest BCUT2D eigenvalue weighted by Gasteiger charge is 2.47. The van der Waals surface area contributed by atoms with E-state index in [1.54, 1.807) is 0 Å². The molecule has 0 aromatic carbocycles. The maximum Gasteiger partial charge on any atom is 0.335 e. The van der Waals surface area contributed by atoms with E-state index in [9.17, 15) is 20.1 Å². The molecule has 1 unspecified atom stereocenters. The Bertz CT molecular complexity index is 235. The first-order chi connectivity index (χ1) is 6.99. The second kappa shape index (κ2) is 4.81. The van der Waals surface area contributed by atoms with Crippen molar-refractivity contribution in [3.8, 4) is 0 Å². The van der Waals surface area contributed by atoms with Gasteiger partial charge in [0, 0.05) is 0 Å². The van der Waals surface area contributed by atoms with Gasteiger partial charge in [-0.1, -0.05) is 5.64 Å². The highest BCUT2D eigenvalue weighted by atomic mass is 16.9. The zero-order valence-corrected chi connectivity index (χ0v) is 7.35. The molecule has 5 atom stereocenters. The molecule has 88 valence electrons. The summed E-state index contributed by atoms with van der Waals surface area (Å²) < 4.78 is 4.58. The van der Waals surface area contributed by atoms with Crippen LogP contribution in [0.3, 0.4) is 0 Å². The summed E-state index contributed by atoms with van der Waals surface area (Å²) in [5.41, 5.74) is 1.19. The van der Waals surface area contributed by atoms with Gasteiger partial charge in [-0.05, 0) is 0 Å². The molecule has 0 amide bonds. The Labute approximate surface area is 83.4 Å². The molecule has 1 fully saturated rings. The number of hydrogen-bond acceptors (Lipinski definition) is 8. The second-order valence-electron chi connectivity index (χ2n) is 2.94. The first kappa shape index (κ1) is 12.3. The Kier molecular flexibility index (Phi) is 3.93. The van der Waals surface area contributed by atoms with Gasteiger partial charge in [0.25, 0.3) is 0 Å². The lowest BCUT2D eigenvalue weighted by atomic mass is 9.99. The first-order valence-electron chi connectivity index (χ1n) is 3.96. The summed E-state index contributed by atoms with van der Waals surface area (Å²) in [6.07, 6.45) is -8.57. The summed E-state index contributed by atoms with van der Waals surface area (Å²) in [4.78, 5) is 14.7. The van der Waals surface area contributed by atoms with E-state index in [-0.39, 0.29) is 0 Å². The Balaban J connectivity index is 2.75. The summed E-state index contributed by atoms with van der Waals surface area (Å²) in [6.45, 7) is 0. The average Bonchev–Trinajstić information content (AvgIpc) is 2.18. The fourth-order valence-corrected chi connectivity index (χ4v) is 1.20. The Morgan fingerprint density at radius 2 is 1.80 bits per heavy atom. The third-order valence-electron chi connectivity index (χ3n) is 1.98. The summed E-state index contributed by atoms with van der Waals surface area (Å²) >= 11 is 0. The number of carboxylic acid groups (broad SMARTS) is 1. The van der Waals surface area contributed by atoms with Crippen LogP contribution in [0, 0.1) is 0 Å². The van der Waals surface area contributed by atoms with Crippen molar-refractivity contribution in [2.45, 2.75) is 30.7 Å². The van der Waals surface area contributed by atoms with Gasteiger partial charge in [0.15, 0.2) is 6.10 Å². The SMILES string of the molecule is O=C(O)[C@H]1OC(ONO)[C@H](O)[C@@H](O)[C@@H]1O. The van der Waals surface area contributed by atoms with Crippen molar-refractivity contribution < 1.29 is 40.0 Å². The van der Waals surface area contributed by atoms with Crippen LogP contribution in [0.5, 0.6) is 0 Å². The highest BCUT2D eigenvalue weighted by molar-refractivity contribution is 5.73. The Morgan fingerprint density at radius 1 is 1.20 bits per heavy atom. The molecule has 1 aliphatic heterocycles. The van der Waals surface area contributed by atoms with Crippen LogP contribution in [0.2, 0.25) is 0 Å². The molecule has 9 nitrogen and oxygen atoms in total. The molecular weight excluding hydrogens is 214 g/mol. The van der Waals surface area contributed by atoms with Crippen LogP contribution in [0.4, 0.5) is 0 Å². The maximum absolute atomic E-state index is 10.6. The average molecular weight is 225 g/mol. The molecule has 0 spiro atoms. The maximum atomic E-state index is 10.6. The lowest BCUT2D eigenvalue weighted by molar-refractivity contribution is -0.335. The molecule has 15 heavy (non-hydrogen) atoms. The van der Waals surface area contributed by atoms with Gasteiger partial charge in [0.1, 0.15) is 18.3 Å². The molecule has 1 saturated heterocycles. The van der Waals surface area contributed by atoms with Crippen LogP contribution in [0.15, 0.2) is 0 Å². The minimum atomic E-state index is -1.78. The minimum Gasteiger partial charge on any atom is -0.479 e. The van der Waals surface area contributed by atoms with Crippen molar-refractivity contribution in [3.05, 3.63) is 0 Å². The van der Waals surface area contributed by atoms with Crippen LogP contribution in [-0.4, -0.2) is 62.3 Å². The first-order valence-corrected chi connectivity index (χ1v) is 3.96. The van der Waals surface area contributed by atoms with Crippen LogP contribution in [0.1, 0.15) is 0 Å². The topological polar surface area (TPSA) is 149 Å². The molecule has 1 heterocycles. The molecule has 1 aliphatic rings. The van der Waals surface area contributed by atoms with E-state index in [0.717, 1.165) is 0 Å². The van der Waals surface area contributed by atoms with Crippen molar-refractivity contribution in [2.24, 2.45) is 0 Å². The fourth-order valence-electron chi connectivity index (χ4n) is 1.20. The van der Waals surface area contributed by atoms with E-state index >= 15 is 0 Å². The number of carbonyl (C=O) groups is 1. The van der Waals surface area contributed by atoms with Crippen molar-refractivity contribution in [1.29, 1.82) is 0 Å². The number of aliphatic carboxylic acids is 1. The molecule has 0 bridgehead atoms. The summed E-state index contributed by atoms with van der Waals surface area (Å²) in [6, 6.07) is 0. The van der Waals surface area contributed by atoms with Gasteiger partial charge in [-0.2, -0.15) is 0 Å². The second-order valence-corrected chi connectivity index (χ2v) is 2.94. The van der Waals surface area contributed by atoms with Crippen molar-refractivity contribution in [2.75, 3.05) is 0 Å². The molecule has 0 aromatic rings. The fraction of sp³-hybridized carbons (Fsp3) is 0.833. The zero-order chi connectivity index (χ0) is 11.6. The van der Waals surface area contributed by atoms with Crippen LogP contribution in [0.25, 0.3) is 0 Å². The summed E-state index contributed by atoms with van der Waals surface area (Å²) in [7, 11) is 0. The van der Waals surface area contributed by atoms with Crippen LogP contribution < -0.4 is 5.64 Å². The van der Waals surface area contributed by atoms with E-state index < -0.39 is 36.7 Å². The van der Waals surface area contributed by atoms with Gasteiger partial charge in [-0.3, -0.25) is 5.21 Å². The van der Waals surface area contributed by atoms with Gasteiger partial charge in [-0.15, -0.1) is 0 Å². The number of aliphatic hydroxyl groups is 3. The van der Waals surface area contributed by atoms with Crippen molar-refractivity contribution in [1.82, 2.24) is 5.64 Å². The molecular formula is C6H11NO8.